The maximum atomic E-state index is 12.4. The van der Waals surface area contributed by atoms with E-state index in [0.717, 1.165) is 4.90 Å². The molecule has 2 aromatic rings. The Kier molecular flexibility index (Phi) is 4.95. The summed E-state index contributed by atoms with van der Waals surface area (Å²) < 4.78 is 10.2. The average Bonchev–Trinajstić information content (AvgIpc) is 3.27. The zero-order chi connectivity index (χ0) is 19.7. The summed E-state index contributed by atoms with van der Waals surface area (Å²) in [6.07, 6.45) is 4.83. The lowest BCUT2D eigenvalue weighted by molar-refractivity contribution is -0.154. The van der Waals surface area contributed by atoms with Crippen molar-refractivity contribution >= 4 is 29.4 Å². The van der Waals surface area contributed by atoms with Crippen molar-refractivity contribution in [1.29, 1.82) is 0 Å². The summed E-state index contributed by atoms with van der Waals surface area (Å²) in [5.74, 6) is -1.65. The van der Waals surface area contributed by atoms with Gasteiger partial charge in [0, 0.05) is 10.6 Å². The number of nitrogens with zero attached hydrogens (tertiary/aromatic N) is 3. The molecule has 4 rings (SSSR count). The molecule has 2 atom stereocenters. The van der Waals surface area contributed by atoms with Crippen LogP contribution in [0.15, 0.2) is 40.9 Å². The lowest BCUT2D eigenvalue weighted by Crippen LogP contribution is -2.36. The highest BCUT2D eigenvalue weighted by Crippen LogP contribution is 2.34. The molecule has 0 saturated carbocycles. The first kappa shape index (κ1) is 18.4. The zero-order valence-electron chi connectivity index (χ0n) is 14.7. The number of rotatable bonds is 5. The predicted molar refractivity (Wildman–Crippen MR) is 96.6 cm³/mol. The van der Waals surface area contributed by atoms with E-state index in [-0.39, 0.29) is 36.1 Å². The maximum absolute atomic E-state index is 12.4. The summed E-state index contributed by atoms with van der Waals surface area (Å²) in [7, 11) is 0. The SMILES string of the molecule is O=C(CN1C(=O)[C@H]2CC=CC[C@H]2C1=O)OCc1nc(-c2ccc(Cl)cc2)no1. The quantitative estimate of drug-likeness (QED) is 0.430. The van der Waals surface area contributed by atoms with Gasteiger partial charge in [-0.25, -0.2) is 0 Å². The van der Waals surface area contributed by atoms with E-state index in [4.69, 9.17) is 20.9 Å². The molecule has 1 aromatic heterocycles. The van der Waals surface area contributed by atoms with E-state index in [9.17, 15) is 14.4 Å². The van der Waals surface area contributed by atoms with Crippen LogP contribution in [0.3, 0.4) is 0 Å². The lowest BCUT2D eigenvalue weighted by Gasteiger charge is -2.14. The van der Waals surface area contributed by atoms with Gasteiger partial charge in [0.15, 0.2) is 6.61 Å². The molecule has 28 heavy (non-hydrogen) atoms. The van der Waals surface area contributed by atoms with E-state index < -0.39 is 12.5 Å². The van der Waals surface area contributed by atoms with Crippen LogP contribution >= 0.6 is 11.6 Å². The fourth-order valence-electron chi connectivity index (χ4n) is 3.37. The molecule has 0 spiro atoms. The largest absolute Gasteiger partial charge is 0.454 e. The second-order valence-corrected chi connectivity index (χ2v) is 7.03. The van der Waals surface area contributed by atoms with E-state index in [1.165, 1.54) is 0 Å². The number of carbonyl (C=O) groups excluding carboxylic acids is 3. The number of likely N-dealkylation sites (tertiary alicyclic amines) is 1. The van der Waals surface area contributed by atoms with Crippen LogP contribution in [0.1, 0.15) is 18.7 Å². The third-order valence-corrected chi connectivity index (χ3v) is 5.07. The number of benzene rings is 1. The summed E-state index contributed by atoms with van der Waals surface area (Å²) in [6.45, 7) is -0.660. The molecule has 0 radical (unpaired) electrons. The van der Waals surface area contributed by atoms with Crippen LogP contribution in [0.2, 0.25) is 5.02 Å². The monoisotopic (exact) mass is 401 g/mol. The summed E-state index contributed by atoms with van der Waals surface area (Å²) in [5, 5.41) is 4.41. The van der Waals surface area contributed by atoms with Crippen molar-refractivity contribution < 1.29 is 23.6 Å². The Labute approximate surface area is 165 Å². The Morgan fingerprint density at radius 3 is 2.43 bits per heavy atom. The second-order valence-electron chi connectivity index (χ2n) is 6.60. The van der Waals surface area contributed by atoms with Crippen molar-refractivity contribution in [2.24, 2.45) is 11.8 Å². The Bertz CT molecular complexity index is 927. The minimum absolute atomic E-state index is 0.107. The van der Waals surface area contributed by atoms with Crippen molar-refractivity contribution in [2.75, 3.05) is 6.54 Å². The number of imide groups is 1. The molecule has 2 aliphatic rings. The summed E-state index contributed by atoms with van der Waals surface area (Å²) >= 11 is 5.84. The molecule has 1 aliphatic heterocycles. The summed E-state index contributed by atoms with van der Waals surface area (Å²) in [5.41, 5.74) is 0.704. The molecule has 9 heteroatoms. The van der Waals surface area contributed by atoms with Gasteiger partial charge in [-0.15, -0.1) is 0 Å². The van der Waals surface area contributed by atoms with E-state index in [1.54, 1.807) is 24.3 Å². The van der Waals surface area contributed by atoms with Crippen molar-refractivity contribution in [2.45, 2.75) is 19.4 Å². The topological polar surface area (TPSA) is 103 Å². The maximum Gasteiger partial charge on any atom is 0.326 e. The fraction of sp³-hybridized carbons (Fsp3) is 0.316. The van der Waals surface area contributed by atoms with Crippen molar-refractivity contribution in [1.82, 2.24) is 15.0 Å². The number of allylic oxidation sites excluding steroid dienone is 2. The van der Waals surface area contributed by atoms with Crippen LogP contribution in [-0.2, 0) is 25.7 Å². The molecule has 0 unspecified atom stereocenters. The van der Waals surface area contributed by atoms with Crippen molar-refractivity contribution in [3.8, 4) is 11.4 Å². The summed E-state index contributed by atoms with van der Waals surface area (Å²) in [4.78, 5) is 41.9. The number of esters is 1. The van der Waals surface area contributed by atoms with Gasteiger partial charge >= 0.3 is 5.97 Å². The minimum Gasteiger partial charge on any atom is -0.454 e. The predicted octanol–water partition coefficient (Wildman–Crippen LogP) is 2.38. The first-order chi connectivity index (χ1) is 13.5. The highest BCUT2D eigenvalue weighted by atomic mass is 35.5. The van der Waals surface area contributed by atoms with Gasteiger partial charge in [0.2, 0.25) is 17.6 Å². The van der Waals surface area contributed by atoms with Crippen LogP contribution in [0.4, 0.5) is 0 Å². The number of halogens is 1. The van der Waals surface area contributed by atoms with Crippen LogP contribution in [-0.4, -0.2) is 39.4 Å². The van der Waals surface area contributed by atoms with Gasteiger partial charge in [-0.2, -0.15) is 4.98 Å². The van der Waals surface area contributed by atoms with Gasteiger partial charge in [0.25, 0.3) is 5.89 Å². The number of hydrogen-bond acceptors (Lipinski definition) is 7. The fourth-order valence-corrected chi connectivity index (χ4v) is 3.50. The Balaban J connectivity index is 1.33. The normalized spacial score (nSPS) is 21.1. The van der Waals surface area contributed by atoms with Crippen LogP contribution in [0, 0.1) is 11.8 Å². The van der Waals surface area contributed by atoms with Crippen LogP contribution in [0.5, 0.6) is 0 Å². The Hall–Kier alpha value is -3.00. The first-order valence-electron chi connectivity index (χ1n) is 8.77. The number of ether oxygens (including phenoxy) is 1. The minimum atomic E-state index is -0.709. The number of hydrogen-bond donors (Lipinski definition) is 0. The van der Waals surface area contributed by atoms with Gasteiger partial charge in [-0.3, -0.25) is 19.3 Å². The molecule has 1 fully saturated rings. The smallest absolute Gasteiger partial charge is 0.326 e. The lowest BCUT2D eigenvalue weighted by atomic mass is 9.85. The standard InChI is InChI=1S/C19H16ClN3O5/c20-12-7-5-11(6-8-12)17-21-15(28-22-17)10-27-16(24)9-23-18(25)13-3-1-2-4-14(13)19(23)26/h1-2,5-8,13-14H,3-4,9-10H2/t13-,14+. The number of aromatic nitrogens is 2. The van der Waals surface area contributed by atoms with Gasteiger partial charge in [0.1, 0.15) is 6.54 Å². The van der Waals surface area contributed by atoms with Gasteiger partial charge in [-0.05, 0) is 37.1 Å². The van der Waals surface area contributed by atoms with Crippen molar-refractivity contribution in [3.63, 3.8) is 0 Å². The molecule has 1 aliphatic carbocycles. The molecule has 0 N–H and O–H groups in total. The zero-order valence-corrected chi connectivity index (χ0v) is 15.5. The highest BCUT2D eigenvalue weighted by Gasteiger charge is 2.47. The van der Waals surface area contributed by atoms with Crippen LogP contribution < -0.4 is 0 Å². The average molecular weight is 402 g/mol. The number of fused-ring (bicyclic) bond motifs is 1. The van der Waals surface area contributed by atoms with Crippen LogP contribution in [0.25, 0.3) is 11.4 Å². The third kappa shape index (κ3) is 3.55. The molecule has 1 saturated heterocycles. The van der Waals surface area contributed by atoms with E-state index in [2.05, 4.69) is 10.1 Å². The van der Waals surface area contributed by atoms with Gasteiger partial charge in [-0.1, -0.05) is 28.9 Å². The van der Waals surface area contributed by atoms with Crippen molar-refractivity contribution in [3.05, 3.63) is 47.3 Å². The van der Waals surface area contributed by atoms with Gasteiger partial charge in [0.05, 0.1) is 11.8 Å². The highest BCUT2D eigenvalue weighted by molar-refractivity contribution is 6.30. The Morgan fingerprint density at radius 1 is 1.14 bits per heavy atom. The molecule has 2 heterocycles. The molecule has 0 bridgehead atoms. The third-order valence-electron chi connectivity index (χ3n) is 4.81. The molecule has 144 valence electrons. The van der Waals surface area contributed by atoms with E-state index >= 15 is 0 Å². The molecule has 1 aromatic carbocycles. The second kappa shape index (κ2) is 7.55. The van der Waals surface area contributed by atoms with E-state index in [1.807, 2.05) is 12.2 Å². The first-order valence-corrected chi connectivity index (χ1v) is 9.15. The number of amides is 2. The van der Waals surface area contributed by atoms with Gasteiger partial charge < -0.3 is 9.26 Å². The summed E-state index contributed by atoms with van der Waals surface area (Å²) in [6, 6.07) is 6.87. The molecular formula is C19H16ClN3O5. The van der Waals surface area contributed by atoms with E-state index in [0.29, 0.717) is 29.3 Å². The molecular weight excluding hydrogens is 386 g/mol. The molecule has 2 amide bonds. The Morgan fingerprint density at radius 2 is 1.79 bits per heavy atom. The molecule has 8 nitrogen and oxygen atoms in total. The number of carbonyl (C=O) groups is 3.